The van der Waals surface area contributed by atoms with Gasteiger partial charge in [-0.3, -0.25) is 0 Å². The lowest BCUT2D eigenvalue weighted by Gasteiger charge is -2.27. The summed E-state index contributed by atoms with van der Waals surface area (Å²) in [6.45, 7) is 2.17. The number of hydrogen-bond acceptors (Lipinski definition) is 2. The van der Waals surface area contributed by atoms with E-state index in [1.165, 1.54) is 6.42 Å². The van der Waals surface area contributed by atoms with Crippen molar-refractivity contribution < 1.29 is 8.42 Å². The predicted octanol–water partition coefficient (Wildman–Crippen LogP) is 1.72. The monoisotopic (exact) mass is 239 g/mol. The molecule has 2 unspecified atom stereocenters. The zero-order valence-electron chi connectivity index (χ0n) is 8.50. The van der Waals surface area contributed by atoms with Crippen LogP contribution in [0.15, 0.2) is 0 Å². The number of hydrogen-bond donors (Lipinski definition) is 1. The van der Waals surface area contributed by atoms with Crippen LogP contribution < -0.4 is 4.72 Å². The molecule has 0 aromatic rings. The number of sulfonamides is 1. The van der Waals surface area contributed by atoms with Gasteiger partial charge in [0, 0.05) is 11.9 Å². The Morgan fingerprint density at radius 1 is 1.43 bits per heavy atom. The van der Waals surface area contributed by atoms with Crippen LogP contribution in [0.2, 0.25) is 0 Å². The summed E-state index contributed by atoms with van der Waals surface area (Å²) < 4.78 is 25.5. The summed E-state index contributed by atoms with van der Waals surface area (Å²) in [4.78, 5) is 0. The molecule has 0 bridgehead atoms. The maximum Gasteiger partial charge on any atom is 0.213 e. The SMILES string of the molecule is CC1CCCC(NS(=O)(=O)CCCl)C1. The summed E-state index contributed by atoms with van der Waals surface area (Å²) in [7, 11) is -3.14. The molecule has 0 spiro atoms. The average molecular weight is 240 g/mol. The Balaban J connectivity index is 2.43. The Kier molecular flexibility index (Phi) is 4.67. The van der Waals surface area contributed by atoms with Gasteiger partial charge in [0.2, 0.25) is 10.0 Å². The van der Waals surface area contributed by atoms with Crippen molar-refractivity contribution in [3.63, 3.8) is 0 Å². The Labute approximate surface area is 91.3 Å². The molecule has 14 heavy (non-hydrogen) atoms. The fraction of sp³-hybridized carbons (Fsp3) is 1.00. The molecule has 0 aliphatic heterocycles. The molecule has 1 rings (SSSR count). The van der Waals surface area contributed by atoms with Crippen molar-refractivity contribution in [2.75, 3.05) is 11.6 Å². The quantitative estimate of drug-likeness (QED) is 0.760. The van der Waals surface area contributed by atoms with E-state index in [0.717, 1.165) is 19.3 Å². The van der Waals surface area contributed by atoms with Gasteiger partial charge in [0.05, 0.1) is 5.75 Å². The van der Waals surface area contributed by atoms with Gasteiger partial charge in [-0.05, 0) is 18.8 Å². The van der Waals surface area contributed by atoms with E-state index >= 15 is 0 Å². The maximum atomic E-state index is 11.4. The zero-order valence-corrected chi connectivity index (χ0v) is 10.1. The van der Waals surface area contributed by atoms with E-state index in [1.807, 2.05) is 0 Å². The second kappa shape index (κ2) is 5.33. The molecule has 1 N–H and O–H groups in total. The minimum atomic E-state index is -3.14. The second-order valence-corrected chi connectivity index (χ2v) is 6.35. The van der Waals surface area contributed by atoms with Crippen LogP contribution in [0.3, 0.4) is 0 Å². The Bertz CT molecular complexity index is 266. The van der Waals surface area contributed by atoms with Gasteiger partial charge in [0.1, 0.15) is 0 Å². The molecule has 1 saturated carbocycles. The maximum absolute atomic E-state index is 11.4. The van der Waals surface area contributed by atoms with E-state index in [-0.39, 0.29) is 17.7 Å². The first-order chi connectivity index (χ1) is 6.53. The van der Waals surface area contributed by atoms with Gasteiger partial charge in [-0.25, -0.2) is 13.1 Å². The molecule has 0 saturated heterocycles. The lowest BCUT2D eigenvalue weighted by atomic mass is 9.88. The summed E-state index contributed by atoms with van der Waals surface area (Å²) in [6.07, 6.45) is 4.26. The molecule has 0 heterocycles. The van der Waals surface area contributed by atoms with Gasteiger partial charge in [0.25, 0.3) is 0 Å². The predicted molar refractivity (Wildman–Crippen MR) is 59.1 cm³/mol. The van der Waals surface area contributed by atoms with Crippen LogP contribution in [0.4, 0.5) is 0 Å². The fourth-order valence-corrected chi connectivity index (χ4v) is 3.61. The fourth-order valence-electron chi connectivity index (χ4n) is 1.96. The topological polar surface area (TPSA) is 46.2 Å². The highest BCUT2D eigenvalue weighted by molar-refractivity contribution is 7.89. The molecular formula is C9H18ClNO2S. The lowest BCUT2D eigenvalue weighted by molar-refractivity contribution is 0.327. The van der Waals surface area contributed by atoms with Crippen LogP contribution in [0.1, 0.15) is 32.6 Å². The van der Waals surface area contributed by atoms with Crippen LogP contribution in [0.5, 0.6) is 0 Å². The summed E-state index contributed by atoms with van der Waals surface area (Å²) in [5, 5.41) is 0. The molecule has 0 aromatic carbocycles. The Morgan fingerprint density at radius 2 is 2.14 bits per heavy atom. The van der Waals surface area contributed by atoms with Crippen molar-refractivity contribution in [2.24, 2.45) is 5.92 Å². The number of alkyl halides is 1. The first-order valence-corrected chi connectivity index (χ1v) is 7.28. The van der Waals surface area contributed by atoms with E-state index in [2.05, 4.69) is 11.6 Å². The molecule has 0 amide bonds. The van der Waals surface area contributed by atoms with Gasteiger partial charge in [-0.2, -0.15) is 0 Å². The van der Waals surface area contributed by atoms with E-state index in [9.17, 15) is 8.42 Å². The van der Waals surface area contributed by atoms with Crippen molar-refractivity contribution in [1.82, 2.24) is 4.72 Å². The van der Waals surface area contributed by atoms with Gasteiger partial charge >= 0.3 is 0 Å². The molecule has 1 fully saturated rings. The molecule has 84 valence electrons. The molecule has 1 aliphatic rings. The highest BCUT2D eigenvalue weighted by atomic mass is 35.5. The summed E-state index contributed by atoms with van der Waals surface area (Å²) in [5.41, 5.74) is 0. The third-order valence-corrected chi connectivity index (χ3v) is 4.48. The molecule has 3 nitrogen and oxygen atoms in total. The molecule has 5 heteroatoms. The van der Waals surface area contributed by atoms with Crippen LogP contribution >= 0.6 is 11.6 Å². The zero-order chi connectivity index (χ0) is 10.6. The lowest BCUT2D eigenvalue weighted by Crippen LogP contribution is -2.39. The van der Waals surface area contributed by atoms with Crippen molar-refractivity contribution in [2.45, 2.75) is 38.6 Å². The third-order valence-electron chi connectivity index (χ3n) is 2.63. The van der Waals surface area contributed by atoms with Crippen molar-refractivity contribution in [3.05, 3.63) is 0 Å². The van der Waals surface area contributed by atoms with Crippen molar-refractivity contribution >= 4 is 21.6 Å². The standard InChI is InChI=1S/C9H18ClNO2S/c1-8-3-2-4-9(7-8)11-14(12,13)6-5-10/h8-9,11H,2-7H2,1H3. The van der Waals surface area contributed by atoms with Crippen LogP contribution in [-0.2, 0) is 10.0 Å². The van der Waals surface area contributed by atoms with Gasteiger partial charge in [0.15, 0.2) is 0 Å². The molecule has 0 radical (unpaired) electrons. The number of halogens is 1. The highest BCUT2D eigenvalue weighted by Gasteiger charge is 2.22. The first-order valence-electron chi connectivity index (χ1n) is 5.09. The summed E-state index contributed by atoms with van der Waals surface area (Å²) in [6, 6.07) is 0.131. The van der Waals surface area contributed by atoms with Crippen molar-refractivity contribution in [1.29, 1.82) is 0 Å². The molecule has 1 aliphatic carbocycles. The Hall–Kier alpha value is 0.200. The molecule has 2 atom stereocenters. The summed E-state index contributed by atoms with van der Waals surface area (Å²) >= 11 is 5.41. The molecule has 0 aromatic heterocycles. The van der Waals surface area contributed by atoms with Gasteiger partial charge in [-0.15, -0.1) is 11.6 Å². The number of rotatable bonds is 4. The first kappa shape index (κ1) is 12.3. The number of nitrogens with one attached hydrogen (secondary N) is 1. The van der Waals surface area contributed by atoms with E-state index < -0.39 is 10.0 Å². The average Bonchev–Trinajstić information content (AvgIpc) is 2.02. The van der Waals surface area contributed by atoms with Gasteiger partial charge in [-0.1, -0.05) is 19.8 Å². The minimum absolute atomic E-state index is 0.0272. The molecular weight excluding hydrogens is 222 g/mol. The van der Waals surface area contributed by atoms with E-state index in [4.69, 9.17) is 11.6 Å². The second-order valence-electron chi connectivity index (χ2n) is 4.09. The van der Waals surface area contributed by atoms with E-state index in [1.54, 1.807) is 0 Å². The summed E-state index contributed by atoms with van der Waals surface area (Å²) in [5.74, 6) is 0.823. The third kappa shape index (κ3) is 4.15. The Morgan fingerprint density at radius 3 is 2.71 bits per heavy atom. The smallest absolute Gasteiger partial charge is 0.212 e. The van der Waals surface area contributed by atoms with Crippen LogP contribution in [-0.4, -0.2) is 26.1 Å². The largest absolute Gasteiger partial charge is 0.213 e. The normalized spacial score (nSPS) is 29.0. The van der Waals surface area contributed by atoms with Crippen LogP contribution in [0.25, 0.3) is 0 Å². The van der Waals surface area contributed by atoms with E-state index in [0.29, 0.717) is 5.92 Å². The van der Waals surface area contributed by atoms with Crippen LogP contribution in [0, 0.1) is 5.92 Å². The highest BCUT2D eigenvalue weighted by Crippen LogP contribution is 2.23. The van der Waals surface area contributed by atoms with Gasteiger partial charge < -0.3 is 0 Å². The minimum Gasteiger partial charge on any atom is -0.212 e. The van der Waals surface area contributed by atoms with Crippen molar-refractivity contribution in [3.8, 4) is 0 Å².